The van der Waals surface area contributed by atoms with Crippen molar-refractivity contribution in [1.29, 1.82) is 0 Å². The first-order valence-corrected chi connectivity index (χ1v) is 10.9. The molecule has 1 aliphatic heterocycles. The van der Waals surface area contributed by atoms with Crippen LogP contribution in [0.2, 0.25) is 0 Å². The molecule has 0 saturated carbocycles. The molecule has 2 rings (SSSR count). The van der Waals surface area contributed by atoms with E-state index in [4.69, 9.17) is 0 Å². The second kappa shape index (κ2) is 8.77. The van der Waals surface area contributed by atoms with Crippen LogP contribution in [-0.4, -0.2) is 80.4 Å². The molecule has 24 heavy (non-hydrogen) atoms. The van der Waals surface area contributed by atoms with Crippen molar-refractivity contribution in [3.8, 4) is 0 Å². The van der Waals surface area contributed by atoms with E-state index >= 15 is 0 Å². The summed E-state index contributed by atoms with van der Waals surface area (Å²) in [4.78, 5) is 13.4. The molecule has 0 radical (unpaired) electrons. The third-order valence-corrected chi connectivity index (χ3v) is 6.31. The van der Waals surface area contributed by atoms with Gasteiger partial charge in [0.25, 0.3) is 0 Å². The molecule has 7 nitrogen and oxygen atoms in total. The zero-order chi connectivity index (χ0) is 17.6. The van der Waals surface area contributed by atoms with Gasteiger partial charge in [0.1, 0.15) is 0 Å². The fourth-order valence-corrected chi connectivity index (χ4v) is 4.42. The molecular formula is C15H27N5O2S2. The summed E-state index contributed by atoms with van der Waals surface area (Å²) in [6, 6.07) is 0. The third kappa shape index (κ3) is 6.03. The lowest BCUT2D eigenvalue weighted by atomic mass is 10.4. The standard InChI is InChI=1S/C15H27N5O2S2/c1-4-16-15(19(3)11-14-12-23-13(2)18-14)17-5-6-20-7-9-24(21,22)10-8-20/h12H,4-11H2,1-3H3,(H,16,17). The Morgan fingerprint density at radius 1 is 1.46 bits per heavy atom. The lowest BCUT2D eigenvalue weighted by Crippen LogP contribution is -2.42. The number of nitrogens with zero attached hydrogens (tertiary/aromatic N) is 4. The van der Waals surface area contributed by atoms with Crippen LogP contribution in [0.25, 0.3) is 0 Å². The predicted molar refractivity (Wildman–Crippen MR) is 99.4 cm³/mol. The molecule has 0 atom stereocenters. The Kier molecular flexibility index (Phi) is 7.00. The lowest BCUT2D eigenvalue weighted by molar-refractivity contribution is 0.303. The molecule has 0 bridgehead atoms. The number of guanidine groups is 1. The first kappa shape index (κ1) is 19.1. The average Bonchev–Trinajstić information content (AvgIpc) is 2.93. The number of sulfone groups is 1. The minimum atomic E-state index is -2.82. The highest BCUT2D eigenvalue weighted by molar-refractivity contribution is 7.91. The summed E-state index contributed by atoms with van der Waals surface area (Å²) in [7, 11) is -0.812. The SMILES string of the molecule is CCNC(=NCCN1CCS(=O)(=O)CC1)N(C)Cc1csc(C)n1. The van der Waals surface area contributed by atoms with E-state index in [0.29, 0.717) is 19.6 Å². The van der Waals surface area contributed by atoms with Crippen molar-refractivity contribution in [2.75, 3.05) is 51.3 Å². The van der Waals surface area contributed by atoms with Gasteiger partial charge in [0.2, 0.25) is 0 Å². The van der Waals surface area contributed by atoms with Gasteiger partial charge < -0.3 is 10.2 Å². The number of nitrogens with one attached hydrogen (secondary N) is 1. The van der Waals surface area contributed by atoms with Crippen molar-refractivity contribution in [3.05, 3.63) is 16.1 Å². The molecule has 0 aliphatic carbocycles. The summed E-state index contributed by atoms with van der Waals surface area (Å²) >= 11 is 1.65. The number of aryl methyl sites for hydroxylation is 1. The number of hydrogen-bond donors (Lipinski definition) is 1. The van der Waals surface area contributed by atoms with Gasteiger partial charge in [-0.05, 0) is 13.8 Å². The van der Waals surface area contributed by atoms with Crippen LogP contribution in [0.3, 0.4) is 0 Å². The molecule has 1 saturated heterocycles. The minimum Gasteiger partial charge on any atom is -0.357 e. The fraction of sp³-hybridized carbons (Fsp3) is 0.733. The van der Waals surface area contributed by atoms with Crippen LogP contribution in [0, 0.1) is 6.92 Å². The molecule has 0 amide bonds. The summed E-state index contributed by atoms with van der Waals surface area (Å²) in [6.45, 7) is 8.25. The molecule has 1 aliphatic rings. The lowest BCUT2D eigenvalue weighted by Gasteiger charge is -2.26. The van der Waals surface area contributed by atoms with E-state index in [1.807, 2.05) is 20.9 Å². The fourth-order valence-electron chi connectivity index (χ4n) is 2.54. The smallest absolute Gasteiger partial charge is 0.194 e. The number of aromatic nitrogens is 1. The number of thiazole rings is 1. The first-order valence-electron chi connectivity index (χ1n) is 8.23. The highest BCUT2D eigenvalue weighted by Gasteiger charge is 2.20. The monoisotopic (exact) mass is 373 g/mol. The van der Waals surface area contributed by atoms with E-state index in [2.05, 4.69) is 30.5 Å². The molecular weight excluding hydrogens is 346 g/mol. The Hall–Kier alpha value is -1.19. The van der Waals surface area contributed by atoms with E-state index in [9.17, 15) is 8.42 Å². The molecule has 9 heteroatoms. The molecule has 0 spiro atoms. The van der Waals surface area contributed by atoms with Gasteiger partial charge >= 0.3 is 0 Å². The second-order valence-corrected chi connectivity index (χ2v) is 9.31. The summed E-state index contributed by atoms with van der Waals surface area (Å²) in [5.74, 6) is 1.38. The molecule has 1 fully saturated rings. The summed E-state index contributed by atoms with van der Waals surface area (Å²) in [6.07, 6.45) is 0. The number of aliphatic imine (C=N–C) groups is 1. The number of rotatable bonds is 6. The highest BCUT2D eigenvalue weighted by Crippen LogP contribution is 2.10. The summed E-state index contributed by atoms with van der Waals surface area (Å²) < 4.78 is 22.9. The van der Waals surface area contributed by atoms with Crippen LogP contribution in [0.15, 0.2) is 10.4 Å². The third-order valence-electron chi connectivity index (χ3n) is 3.88. The van der Waals surface area contributed by atoms with Crippen molar-refractivity contribution in [3.63, 3.8) is 0 Å². The van der Waals surface area contributed by atoms with Gasteiger partial charge in [-0.3, -0.25) is 9.89 Å². The predicted octanol–water partition coefficient (Wildman–Crippen LogP) is 0.579. The van der Waals surface area contributed by atoms with Crippen LogP contribution in [0.5, 0.6) is 0 Å². The van der Waals surface area contributed by atoms with Gasteiger partial charge in [0.15, 0.2) is 15.8 Å². The quantitative estimate of drug-likeness (QED) is 0.581. The van der Waals surface area contributed by atoms with Gasteiger partial charge in [0.05, 0.1) is 35.3 Å². The summed E-state index contributed by atoms with van der Waals surface area (Å²) in [5.41, 5.74) is 1.05. The zero-order valence-electron chi connectivity index (χ0n) is 14.7. The topological polar surface area (TPSA) is 77.9 Å². The Labute approximate surface area is 148 Å². The van der Waals surface area contributed by atoms with Crippen LogP contribution in [0.1, 0.15) is 17.6 Å². The Balaban J connectivity index is 1.85. The first-order chi connectivity index (χ1) is 11.4. The maximum Gasteiger partial charge on any atom is 0.194 e. The van der Waals surface area contributed by atoms with E-state index in [0.717, 1.165) is 36.3 Å². The summed E-state index contributed by atoms with van der Waals surface area (Å²) in [5, 5.41) is 6.44. The van der Waals surface area contributed by atoms with Gasteiger partial charge in [-0.2, -0.15) is 0 Å². The maximum absolute atomic E-state index is 11.5. The average molecular weight is 374 g/mol. The second-order valence-electron chi connectivity index (χ2n) is 5.94. The van der Waals surface area contributed by atoms with Crippen LogP contribution >= 0.6 is 11.3 Å². The van der Waals surface area contributed by atoms with Crippen LogP contribution in [-0.2, 0) is 16.4 Å². The van der Waals surface area contributed by atoms with Crippen LogP contribution < -0.4 is 5.32 Å². The Morgan fingerprint density at radius 2 is 2.17 bits per heavy atom. The molecule has 0 aromatic carbocycles. The Bertz CT molecular complexity index is 643. The molecule has 1 N–H and O–H groups in total. The molecule has 2 heterocycles. The Morgan fingerprint density at radius 3 is 2.75 bits per heavy atom. The van der Waals surface area contributed by atoms with Crippen molar-refractivity contribution < 1.29 is 8.42 Å². The van der Waals surface area contributed by atoms with Gasteiger partial charge in [-0.25, -0.2) is 13.4 Å². The molecule has 1 aromatic rings. The molecule has 136 valence electrons. The van der Waals surface area contributed by atoms with Crippen molar-refractivity contribution >= 4 is 27.1 Å². The molecule has 0 unspecified atom stereocenters. The van der Waals surface area contributed by atoms with Crippen molar-refractivity contribution in [2.24, 2.45) is 4.99 Å². The van der Waals surface area contributed by atoms with Gasteiger partial charge in [-0.1, -0.05) is 0 Å². The van der Waals surface area contributed by atoms with E-state index in [-0.39, 0.29) is 11.5 Å². The zero-order valence-corrected chi connectivity index (χ0v) is 16.3. The van der Waals surface area contributed by atoms with Crippen molar-refractivity contribution in [2.45, 2.75) is 20.4 Å². The minimum absolute atomic E-state index is 0.264. The van der Waals surface area contributed by atoms with Crippen LogP contribution in [0.4, 0.5) is 0 Å². The van der Waals surface area contributed by atoms with Gasteiger partial charge in [0, 0.05) is 38.6 Å². The van der Waals surface area contributed by atoms with E-state index < -0.39 is 9.84 Å². The largest absolute Gasteiger partial charge is 0.357 e. The normalized spacial score (nSPS) is 18.5. The highest BCUT2D eigenvalue weighted by atomic mass is 32.2. The molecule has 1 aromatic heterocycles. The van der Waals surface area contributed by atoms with Gasteiger partial charge in [-0.15, -0.1) is 11.3 Å². The van der Waals surface area contributed by atoms with Crippen molar-refractivity contribution in [1.82, 2.24) is 20.1 Å². The van der Waals surface area contributed by atoms with E-state index in [1.54, 1.807) is 11.3 Å². The maximum atomic E-state index is 11.5. The van der Waals surface area contributed by atoms with E-state index in [1.165, 1.54) is 0 Å². The number of hydrogen-bond acceptors (Lipinski definition) is 6.